The molecule has 0 saturated carbocycles. The Labute approximate surface area is 187 Å². The maximum absolute atomic E-state index is 12.5. The first-order valence-electron chi connectivity index (χ1n) is 11.6. The molecule has 2 fully saturated rings. The number of ether oxygens (including phenoxy) is 1. The van der Waals surface area contributed by atoms with E-state index in [2.05, 4.69) is 46.4 Å². The number of esters is 1. The van der Waals surface area contributed by atoms with E-state index in [0.29, 0.717) is 28.7 Å². The maximum atomic E-state index is 12.5. The summed E-state index contributed by atoms with van der Waals surface area (Å²) >= 11 is 0. The number of aliphatic hydroxyl groups is 2. The molecule has 0 spiro atoms. The highest BCUT2D eigenvalue weighted by Gasteiger charge is 2.54. The van der Waals surface area contributed by atoms with Crippen LogP contribution in [0.1, 0.15) is 58.3 Å². The number of piperidine rings is 1. The molecule has 0 unspecified atom stereocenters. The van der Waals surface area contributed by atoms with Crippen molar-refractivity contribution in [3.05, 3.63) is 35.9 Å². The minimum Gasteiger partial charge on any atom is -0.455 e. The highest BCUT2D eigenvalue weighted by atomic mass is 28.4. The molecule has 1 aromatic rings. The lowest BCUT2D eigenvalue weighted by Crippen LogP contribution is -2.64. The Morgan fingerprint density at radius 3 is 2.10 bits per heavy atom. The summed E-state index contributed by atoms with van der Waals surface area (Å²) in [7, 11) is -2.11. The molecule has 174 valence electrons. The summed E-state index contributed by atoms with van der Waals surface area (Å²) in [6.45, 7) is 14.7. The molecule has 2 saturated heterocycles. The van der Waals surface area contributed by atoms with Gasteiger partial charge in [0.2, 0.25) is 8.32 Å². The van der Waals surface area contributed by atoms with Crippen molar-refractivity contribution < 1.29 is 24.2 Å². The van der Waals surface area contributed by atoms with Crippen LogP contribution in [0.5, 0.6) is 0 Å². The number of carbonyl (C=O) groups excluding carboxylic acids is 1. The van der Waals surface area contributed by atoms with Crippen molar-refractivity contribution in [1.29, 1.82) is 0 Å². The van der Waals surface area contributed by atoms with Gasteiger partial charge in [0.1, 0.15) is 18.3 Å². The summed E-state index contributed by atoms with van der Waals surface area (Å²) < 4.78 is 12.6. The third-order valence-corrected chi connectivity index (χ3v) is 13.5. The zero-order chi connectivity index (χ0) is 22.9. The van der Waals surface area contributed by atoms with Gasteiger partial charge in [-0.15, -0.1) is 0 Å². The third-order valence-electron chi connectivity index (χ3n) is 7.33. The summed E-state index contributed by atoms with van der Waals surface area (Å²) in [5.41, 5.74) is 1.79. The Bertz CT molecular complexity index is 719. The Hall–Kier alpha value is -1.25. The average Bonchev–Trinajstić information content (AvgIpc) is 3.12. The van der Waals surface area contributed by atoms with Crippen LogP contribution in [-0.2, 0) is 9.16 Å². The topological polar surface area (TPSA) is 79.2 Å². The predicted octanol–water partition coefficient (Wildman–Crippen LogP) is 3.58. The summed E-state index contributed by atoms with van der Waals surface area (Å²) in [6, 6.07) is 8.48. The zero-order valence-corrected chi connectivity index (χ0v) is 20.7. The van der Waals surface area contributed by atoms with E-state index in [9.17, 15) is 15.0 Å². The van der Waals surface area contributed by atoms with Gasteiger partial charge in [-0.05, 0) is 35.2 Å². The summed E-state index contributed by atoms with van der Waals surface area (Å²) in [5, 5.41) is 21.9. The van der Waals surface area contributed by atoms with E-state index >= 15 is 0 Å². The molecule has 1 aromatic carbocycles. The fourth-order valence-electron chi connectivity index (χ4n) is 5.94. The molecule has 0 bridgehead atoms. The number of hydrogen-bond acceptors (Lipinski definition) is 6. The van der Waals surface area contributed by atoms with Crippen LogP contribution in [0.15, 0.2) is 30.3 Å². The van der Waals surface area contributed by atoms with Crippen LogP contribution >= 0.6 is 0 Å². The first-order chi connectivity index (χ1) is 14.6. The molecule has 5 atom stereocenters. The Kier molecular flexibility index (Phi) is 7.64. The highest BCUT2D eigenvalue weighted by molar-refractivity contribution is 6.77. The molecular weight excluding hydrogens is 410 g/mol. The van der Waals surface area contributed by atoms with Crippen molar-refractivity contribution in [2.75, 3.05) is 13.1 Å². The lowest BCUT2D eigenvalue weighted by molar-refractivity contribution is -0.142. The second-order valence-corrected chi connectivity index (χ2v) is 15.4. The standard InChI is InChI=1S/C24H39NO5Si/c1-15(2)31(16(3)4,17(5)6)30-19-12-13-25-14-20(22(26)23(27)21(19)25)29-24(28)18-10-8-7-9-11-18/h7-11,15-17,19-23,26-27H,12-14H2,1-6H3/t19-,20-,21-,22+,23-/m1/s1. The second kappa shape index (κ2) is 9.71. The van der Waals surface area contributed by atoms with Crippen molar-refractivity contribution >= 4 is 14.3 Å². The third kappa shape index (κ3) is 4.62. The average molecular weight is 450 g/mol. The van der Waals surface area contributed by atoms with Gasteiger partial charge in [0.05, 0.1) is 17.7 Å². The highest BCUT2D eigenvalue weighted by Crippen LogP contribution is 2.45. The largest absolute Gasteiger partial charge is 0.455 e. The van der Waals surface area contributed by atoms with Crippen LogP contribution in [0.4, 0.5) is 0 Å². The van der Waals surface area contributed by atoms with Crippen LogP contribution in [-0.4, -0.2) is 72.9 Å². The monoisotopic (exact) mass is 449 g/mol. The Morgan fingerprint density at radius 1 is 0.968 bits per heavy atom. The number of benzene rings is 1. The zero-order valence-electron chi connectivity index (χ0n) is 19.7. The van der Waals surface area contributed by atoms with Gasteiger partial charge in [0.15, 0.2) is 0 Å². The molecule has 0 radical (unpaired) electrons. The normalized spacial score (nSPS) is 29.6. The first-order valence-corrected chi connectivity index (χ1v) is 13.8. The quantitative estimate of drug-likeness (QED) is 0.489. The van der Waals surface area contributed by atoms with Crippen LogP contribution in [0.25, 0.3) is 0 Å². The van der Waals surface area contributed by atoms with E-state index in [1.54, 1.807) is 24.3 Å². The number of hydrogen-bond donors (Lipinski definition) is 2. The van der Waals surface area contributed by atoms with Gasteiger partial charge in [-0.25, -0.2) is 4.79 Å². The molecule has 2 N–H and O–H groups in total. The molecule has 2 heterocycles. The molecule has 6 nitrogen and oxygen atoms in total. The van der Waals surface area contributed by atoms with E-state index in [1.807, 2.05) is 6.07 Å². The van der Waals surface area contributed by atoms with Gasteiger partial charge >= 0.3 is 5.97 Å². The van der Waals surface area contributed by atoms with Crippen LogP contribution < -0.4 is 0 Å². The van der Waals surface area contributed by atoms with Crippen LogP contribution in [0.2, 0.25) is 16.6 Å². The maximum Gasteiger partial charge on any atom is 0.338 e. The van der Waals surface area contributed by atoms with Gasteiger partial charge in [-0.2, -0.15) is 0 Å². The van der Waals surface area contributed by atoms with E-state index in [0.717, 1.165) is 13.0 Å². The summed E-state index contributed by atoms with van der Waals surface area (Å²) in [6.07, 6.45) is -2.22. The smallest absolute Gasteiger partial charge is 0.338 e. The molecule has 2 aliphatic rings. The van der Waals surface area contributed by atoms with Crippen molar-refractivity contribution in [1.82, 2.24) is 4.90 Å². The molecule has 7 heteroatoms. The SMILES string of the molecule is CC(C)[Si](O[C@@H]1CCN2C[C@@H](OC(=O)c3ccccc3)[C@H](O)[C@H](O)[C@@H]12)(C(C)C)C(C)C. The molecular formula is C24H39NO5Si. The van der Waals surface area contributed by atoms with E-state index in [1.165, 1.54) is 0 Å². The van der Waals surface area contributed by atoms with E-state index in [-0.39, 0.29) is 12.1 Å². The van der Waals surface area contributed by atoms with Gasteiger partial charge in [-0.1, -0.05) is 59.7 Å². The minimum absolute atomic E-state index is 0.116. The molecule has 3 rings (SSSR count). The van der Waals surface area contributed by atoms with Crippen molar-refractivity contribution in [2.45, 2.75) is 95.0 Å². The second-order valence-electron chi connectivity index (χ2n) is 10.0. The van der Waals surface area contributed by atoms with Crippen molar-refractivity contribution in [3.8, 4) is 0 Å². The number of carbonyl (C=O) groups is 1. The number of rotatable bonds is 7. The van der Waals surface area contributed by atoms with Crippen LogP contribution in [0.3, 0.4) is 0 Å². The Morgan fingerprint density at radius 2 is 1.55 bits per heavy atom. The summed E-state index contributed by atoms with van der Waals surface area (Å²) in [5.74, 6) is -0.479. The fourth-order valence-corrected chi connectivity index (χ4v) is 11.5. The lowest BCUT2D eigenvalue weighted by atomic mass is 9.93. The van der Waals surface area contributed by atoms with E-state index in [4.69, 9.17) is 9.16 Å². The van der Waals surface area contributed by atoms with Gasteiger partial charge in [-0.3, -0.25) is 4.90 Å². The number of nitrogens with zero attached hydrogens (tertiary/aromatic N) is 1. The predicted molar refractivity (Wildman–Crippen MR) is 124 cm³/mol. The number of aliphatic hydroxyl groups excluding tert-OH is 2. The van der Waals surface area contributed by atoms with Crippen molar-refractivity contribution in [3.63, 3.8) is 0 Å². The van der Waals surface area contributed by atoms with Crippen molar-refractivity contribution in [2.24, 2.45) is 0 Å². The summed E-state index contributed by atoms with van der Waals surface area (Å²) in [4.78, 5) is 14.6. The first kappa shape index (κ1) is 24.4. The van der Waals surface area contributed by atoms with Gasteiger partial charge < -0.3 is 19.4 Å². The molecule has 0 aromatic heterocycles. The fraction of sp³-hybridized carbons (Fsp3) is 0.708. The van der Waals surface area contributed by atoms with Gasteiger partial charge in [0, 0.05) is 13.1 Å². The molecule has 0 aliphatic carbocycles. The molecule has 0 amide bonds. The molecule has 2 aliphatic heterocycles. The molecule has 31 heavy (non-hydrogen) atoms. The van der Waals surface area contributed by atoms with Crippen LogP contribution in [0, 0.1) is 0 Å². The number of fused-ring (bicyclic) bond motifs is 1. The van der Waals surface area contributed by atoms with E-state index < -0.39 is 32.6 Å². The Balaban J connectivity index is 1.74. The minimum atomic E-state index is -2.11. The lowest BCUT2D eigenvalue weighted by Gasteiger charge is -2.48. The van der Waals surface area contributed by atoms with Gasteiger partial charge in [0.25, 0.3) is 0 Å².